The zero-order chi connectivity index (χ0) is 18.1. The van der Waals surface area contributed by atoms with E-state index in [1.807, 2.05) is 12.1 Å². The molecule has 3 rings (SSSR count). The predicted molar refractivity (Wildman–Crippen MR) is 99.5 cm³/mol. The van der Waals surface area contributed by atoms with Crippen LogP contribution in [0.3, 0.4) is 0 Å². The number of hydrogen-bond acceptors (Lipinski definition) is 6. The van der Waals surface area contributed by atoms with Gasteiger partial charge in [0.25, 0.3) is 0 Å². The lowest BCUT2D eigenvalue weighted by atomic mass is 9.94. The minimum atomic E-state index is -0.559. The Balaban J connectivity index is 2.14. The van der Waals surface area contributed by atoms with E-state index in [1.54, 1.807) is 31.9 Å². The van der Waals surface area contributed by atoms with Crippen LogP contribution < -0.4 is 4.74 Å². The number of fused-ring (bicyclic) bond motifs is 1. The molecule has 6 nitrogen and oxygen atoms in total. The highest BCUT2D eigenvalue weighted by molar-refractivity contribution is 9.10. The molecule has 8 heteroatoms. The zero-order valence-corrected chi connectivity index (χ0v) is 16.4. The van der Waals surface area contributed by atoms with Gasteiger partial charge in [-0.2, -0.15) is 0 Å². The number of amides is 1. The third kappa shape index (κ3) is 3.20. The number of amidine groups is 1. The molecule has 0 bridgehead atoms. The predicted octanol–water partition coefficient (Wildman–Crippen LogP) is 3.28. The standard InChI is InChI=1S/C17H17BrN2O4S/c1-4-24-16(22)14-9(2)19-17-20(13(21)8-25-17)15(14)10-5-6-12(23-3)11(18)7-10/h5-7,15H,4,8H2,1-3H3/t15-/m0/s1. The monoisotopic (exact) mass is 424 g/mol. The lowest BCUT2D eigenvalue weighted by Crippen LogP contribution is -2.39. The Morgan fingerprint density at radius 2 is 2.24 bits per heavy atom. The minimum Gasteiger partial charge on any atom is -0.496 e. The first kappa shape index (κ1) is 18.0. The number of carbonyl (C=O) groups is 2. The summed E-state index contributed by atoms with van der Waals surface area (Å²) < 4.78 is 11.2. The average Bonchev–Trinajstić information content (AvgIpc) is 2.94. The number of esters is 1. The third-order valence-corrected chi connectivity index (χ3v) is 5.53. The Labute approximate surface area is 158 Å². The number of rotatable bonds is 4. The van der Waals surface area contributed by atoms with Crippen LogP contribution in [-0.2, 0) is 14.3 Å². The van der Waals surface area contributed by atoms with E-state index in [9.17, 15) is 9.59 Å². The summed E-state index contributed by atoms with van der Waals surface area (Å²) in [6.07, 6.45) is 0. The van der Waals surface area contributed by atoms with E-state index in [0.717, 1.165) is 10.0 Å². The molecule has 1 amide bonds. The second-order valence-electron chi connectivity index (χ2n) is 5.46. The van der Waals surface area contributed by atoms with E-state index in [-0.39, 0.29) is 12.5 Å². The van der Waals surface area contributed by atoms with Gasteiger partial charge < -0.3 is 9.47 Å². The van der Waals surface area contributed by atoms with Gasteiger partial charge in [-0.25, -0.2) is 9.79 Å². The summed E-state index contributed by atoms with van der Waals surface area (Å²) in [5.41, 5.74) is 1.75. The number of halogens is 1. The molecular weight excluding hydrogens is 408 g/mol. The number of thioether (sulfide) groups is 1. The van der Waals surface area contributed by atoms with Gasteiger partial charge in [-0.3, -0.25) is 9.69 Å². The van der Waals surface area contributed by atoms with Crippen LogP contribution in [0.2, 0.25) is 0 Å². The molecule has 25 heavy (non-hydrogen) atoms. The number of methoxy groups -OCH3 is 1. The molecule has 1 saturated heterocycles. The first-order valence-corrected chi connectivity index (χ1v) is 9.50. The lowest BCUT2D eigenvalue weighted by molar-refractivity contribution is -0.139. The van der Waals surface area contributed by atoms with Crippen LogP contribution in [0.4, 0.5) is 0 Å². The van der Waals surface area contributed by atoms with Gasteiger partial charge in [0.05, 0.1) is 41.3 Å². The molecule has 0 N–H and O–H groups in total. The van der Waals surface area contributed by atoms with Crippen LogP contribution in [0.15, 0.2) is 38.9 Å². The fourth-order valence-corrected chi connectivity index (χ4v) is 4.38. The highest BCUT2D eigenvalue weighted by atomic mass is 79.9. The summed E-state index contributed by atoms with van der Waals surface area (Å²) in [5, 5.41) is 0.618. The first-order valence-electron chi connectivity index (χ1n) is 7.72. The van der Waals surface area contributed by atoms with E-state index in [4.69, 9.17) is 9.47 Å². The Kier molecular flexibility index (Phi) is 5.19. The quantitative estimate of drug-likeness (QED) is 0.693. The van der Waals surface area contributed by atoms with Crippen LogP contribution in [0, 0.1) is 0 Å². The lowest BCUT2D eigenvalue weighted by Gasteiger charge is -2.33. The number of aliphatic imine (C=N–C) groups is 1. The van der Waals surface area contributed by atoms with Gasteiger partial charge in [-0.05, 0) is 47.5 Å². The molecule has 1 aromatic carbocycles. The van der Waals surface area contributed by atoms with Gasteiger partial charge in [0.2, 0.25) is 5.91 Å². The second kappa shape index (κ2) is 7.21. The number of allylic oxidation sites excluding steroid dienone is 1. The number of hydrogen-bond donors (Lipinski definition) is 0. The number of benzene rings is 1. The molecule has 1 fully saturated rings. The maximum atomic E-state index is 12.6. The van der Waals surface area contributed by atoms with Crippen molar-refractivity contribution in [3.8, 4) is 5.75 Å². The van der Waals surface area contributed by atoms with Crippen molar-refractivity contribution in [3.63, 3.8) is 0 Å². The molecule has 0 saturated carbocycles. The fourth-order valence-electron chi connectivity index (χ4n) is 2.88. The highest BCUT2D eigenvalue weighted by Gasteiger charge is 2.43. The molecule has 2 aliphatic rings. The van der Waals surface area contributed by atoms with Crippen molar-refractivity contribution in [1.29, 1.82) is 0 Å². The second-order valence-corrected chi connectivity index (χ2v) is 7.26. The number of carbonyl (C=O) groups excluding carboxylic acids is 2. The molecule has 0 spiro atoms. The molecule has 0 aliphatic carbocycles. The average molecular weight is 425 g/mol. The number of ether oxygens (including phenoxy) is 2. The molecular formula is C17H17BrN2O4S. The number of nitrogens with zero attached hydrogens (tertiary/aromatic N) is 2. The van der Waals surface area contributed by atoms with E-state index in [1.165, 1.54) is 11.8 Å². The third-order valence-electron chi connectivity index (χ3n) is 3.97. The van der Waals surface area contributed by atoms with Crippen molar-refractivity contribution >= 4 is 44.7 Å². The van der Waals surface area contributed by atoms with Crippen molar-refractivity contribution in [2.24, 2.45) is 4.99 Å². The topological polar surface area (TPSA) is 68.2 Å². The van der Waals surface area contributed by atoms with E-state index < -0.39 is 12.0 Å². The molecule has 1 atom stereocenters. The van der Waals surface area contributed by atoms with E-state index in [2.05, 4.69) is 20.9 Å². The van der Waals surface area contributed by atoms with Crippen LogP contribution in [0.1, 0.15) is 25.5 Å². The van der Waals surface area contributed by atoms with Gasteiger partial charge in [0, 0.05) is 0 Å². The molecule has 2 heterocycles. The molecule has 1 aromatic rings. The maximum absolute atomic E-state index is 12.6. The van der Waals surface area contributed by atoms with Crippen molar-refractivity contribution in [2.45, 2.75) is 19.9 Å². The minimum absolute atomic E-state index is 0.0741. The maximum Gasteiger partial charge on any atom is 0.338 e. The zero-order valence-electron chi connectivity index (χ0n) is 14.0. The Hall–Kier alpha value is -1.80. The van der Waals surface area contributed by atoms with Gasteiger partial charge in [0.1, 0.15) is 5.75 Å². The molecule has 132 valence electrons. The first-order chi connectivity index (χ1) is 12.0. The summed E-state index contributed by atoms with van der Waals surface area (Å²) in [6.45, 7) is 3.78. The summed E-state index contributed by atoms with van der Waals surface area (Å²) >= 11 is 4.85. The van der Waals surface area contributed by atoms with Crippen molar-refractivity contribution in [2.75, 3.05) is 19.5 Å². The fraction of sp³-hybridized carbons (Fsp3) is 0.353. The molecule has 2 aliphatic heterocycles. The summed E-state index contributed by atoms with van der Waals surface area (Å²) in [4.78, 5) is 31.0. The normalized spacial score (nSPS) is 19.7. The summed E-state index contributed by atoms with van der Waals surface area (Å²) in [7, 11) is 1.58. The summed E-state index contributed by atoms with van der Waals surface area (Å²) in [6, 6.07) is 4.95. The Bertz CT molecular complexity index is 806. The van der Waals surface area contributed by atoms with E-state index in [0.29, 0.717) is 27.9 Å². The summed E-state index contributed by atoms with van der Waals surface area (Å²) in [5.74, 6) is 0.462. The largest absolute Gasteiger partial charge is 0.496 e. The van der Waals surface area contributed by atoms with Gasteiger partial charge in [-0.15, -0.1) is 0 Å². The Morgan fingerprint density at radius 3 is 2.88 bits per heavy atom. The highest BCUT2D eigenvalue weighted by Crippen LogP contribution is 2.42. The SMILES string of the molecule is CCOC(=O)C1=C(C)N=C2SCC(=O)N2[C@H]1c1ccc(OC)c(Br)c1. The van der Waals surface area contributed by atoms with Crippen LogP contribution in [0.25, 0.3) is 0 Å². The molecule has 0 aromatic heterocycles. The van der Waals surface area contributed by atoms with Crippen LogP contribution >= 0.6 is 27.7 Å². The van der Waals surface area contributed by atoms with Gasteiger partial charge >= 0.3 is 5.97 Å². The van der Waals surface area contributed by atoms with Crippen LogP contribution in [-0.4, -0.2) is 41.4 Å². The van der Waals surface area contributed by atoms with E-state index >= 15 is 0 Å². The Morgan fingerprint density at radius 1 is 1.48 bits per heavy atom. The van der Waals surface area contributed by atoms with Crippen molar-refractivity contribution in [1.82, 2.24) is 4.90 Å². The van der Waals surface area contributed by atoms with Gasteiger partial charge in [-0.1, -0.05) is 17.8 Å². The van der Waals surface area contributed by atoms with Crippen molar-refractivity contribution in [3.05, 3.63) is 39.5 Å². The molecule has 0 radical (unpaired) electrons. The molecule has 0 unspecified atom stereocenters. The van der Waals surface area contributed by atoms with Gasteiger partial charge in [0.15, 0.2) is 5.17 Å². The van der Waals surface area contributed by atoms with Crippen LogP contribution in [0.5, 0.6) is 5.75 Å². The smallest absolute Gasteiger partial charge is 0.338 e. The van der Waals surface area contributed by atoms with Crippen molar-refractivity contribution < 1.29 is 19.1 Å².